The molecule has 1 aromatic carbocycles. The fourth-order valence-corrected chi connectivity index (χ4v) is 2.60. The average molecular weight is 236 g/mol. The van der Waals surface area contributed by atoms with Crippen LogP contribution < -0.4 is 11.1 Å². The number of carbonyl (C=O) groups is 1. The lowest BCUT2D eigenvalue weighted by molar-refractivity contribution is -0.115. The SMILES string of the molecule is CC1Sc2ccc(C(C)CN)cc2NC1=O. The van der Waals surface area contributed by atoms with Crippen LogP contribution in [0, 0.1) is 0 Å². The topological polar surface area (TPSA) is 55.1 Å². The predicted molar refractivity (Wildman–Crippen MR) is 67.9 cm³/mol. The van der Waals surface area contributed by atoms with Crippen LogP contribution in [0.2, 0.25) is 0 Å². The molecule has 16 heavy (non-hydrogen) atoms. The first-order chi connectivity index (χ1) is 7.61. The largest absolute Gasteiger partial charge is 0.330 e. The highest BCUT2D eigenvalue weighted by Crippen LogP contribution is 2.36. The second-order valence-electron chi connectivity index (χ2n) is 4.14. The molecule has 2 rings (SSSR count). The minimum atomic E-state index is -0.00900. The monoisotopic (exact) mass is 236 g/mol. The van der Waals surface area contributed by atoms with E-state index in [4.69, 9.17) is 5.73 Å². The van der Waals surface area contributed by atoms with E-state index in [9.17, 15) is 4.79 Å². The number of fused-ring (bicyclic) bond motifs is 1. The number of rotatable bonds is 2. The molecule has 0 saturated carbocycles. The normalized spacial score (nSPS) is 21.2. The first kappa shape index (κ1) is 11.5. The highest BCUT2D eigenvalue weighted by molar-refractivity contribution is 8.00. The van der Waals surface area contributed by atoms with Gasteiger partial charge in [0.15, 0.2) is 0 Å². The van der Waals surface area contributed by atoms with E-state index in [2.05, 4.69) is 24.4 Å². The standard InChI is InChI=1S/C12H16N2OS/c1-7(6-13)9-3-4-11-10(5-9)14-12(15)8(2)16-11/h3-5,7-8H,6,13H2,1-2H3,(H,14,15). The van der Waals surface area contributed by atoms with Crippen molar-refractivity contribution in [3.63, 3.8) is 0 Å². The van der Waals surface area contributed by atoms with E-state index in [-0.39, 0.29) is 11.2 Å². The molecular formula is C12H16N2OS. The van der Waals surface area contributed by atoms with Crippen LogP contribution in [0.1, 0.15) is 25.3 Å². The number of benzene rings is 1. The van der Waals surface area contributed by atoms with E-state index in [1.807, 2.05) is 13.0 Å². The Balaban J connectivity index is 2.32. The molecule has 0 aliphatic carbocycles. The number of nitrogens with one attached hydrogen (secondary N) is 1. The molecule has 86 valence electrons. The van der Waals surface area contributed by atoms with Gasteiger partial charge in [0.1, 0.15) is 0 Å². The molecule has 0 aromatic heterocycles. The Morgan fingerprint density at radius 3 is 3.00 bits per heavy atom. The number of anilines is 1. The van der Waals surface area contributed by atoms with E-state index in [1.165, 1.54) is 5.56 Å². The summed E-state index contributed by atoms with van der Waals surface area (Å²) in [6, 6.07) is 6.19. The van der Waals surface area contributed by atoms with Crippen molar-refractivity contribution >= 4 is 23.4 Å². The van der Waals surface area contributed by atoms with E-state index in [0.717, 1.165) is 10.6 Å². The first-order valence-corrected chi connectivity index (χ1v) is 6.31. The van der Waals surface area contributed by atoms with Gasteiger partial charge in [0.25, 0.3) is 0 Å². The summed E-state index contributed by atoms with van der Waals surface area (Å²) >= 11 is 1.60. The molecule has 0 radical (unpaired) electrons. The summed E-state index contributed by atoms with van der Waals surface area (Å²) < 4.78 is 0. The minimum Gasteiger partial charge on any atom is -0.330 e. The third-order valence-electron chi connectivity index (χ3n) is 2.86. The zero-order valence-electron chi connectivity index (χ0n) is 9.49. The summed E-state index contributed by atoms with van der Waals surface area (Å²) in [5.41, 5.74) is 7.74. The summed E-state index contributed by atoms with van der Waals surface area (Å²) in [4.78, 5) is 12.7. The van der Waals surface area contributed by atoms with Crippen LogP contribution in [0.25, 0.3) is 0 Å². The lowest BCUT2D eigenvalue weighted by Gasteiger charge is -2.22. The molecular weight excluding hydrogens is 220 g/mol. The van der Waals surface area contributed by atoms with E-state index < -0.39 is 0 Å². The fraction of sp³-hybridized carbons (Fsp3) is 0.417. The third-order valence-corrected chi connectivity index (χ3v) is 4.03. The molecule has 1 heterocycles. The lowest BCUT2D eigenvalue weighted by atomic mass is 10.0. The summed E-state index contributed by atoms with van der Waals surface area (Å²) in [7, 11) is 0. The highest BCUT2D eigenvalue weighted by Gasteiger charge is 2.23. The molecule has 0 fully saturated rings. The Bertz CT molecular complexity index is 419. The molecule has 0 saturated heterocycles. The Labute approximate surface area is 99.8 Å². The molecule has 3 N–H and O–H groups in total. The molecule has 0 bridgehead atoms. The minimum absolute atomic E-state index is 0.00900. The molecule has 1 aliphatic rings. The van der Waals surface area contributed by atoms with Crippen molar-refractivity contribution < 1.29 is 4.79 Å². The molecule has 2 atom stereocenters. The zero-order valence-corrected chi connectivity index (χ0v) is 10.3. The van der Waals surface area contributed by atoms with Gasteiger partial charge >= 0.3 is 0 Å². The lowest BCUT2D eigenvalue weighted by Crippen LogP contribution is -2.26. The Hall–Kier alpha value is -1.00. The quantitative estimate of drug-likeness (QED) is 0.827. The second kappa shape index (κ2) is 4.47. The van der Waals surface area contributed by atoms with E-state index >= 15 is 0 Å². The van der Waals surface area contributed by atoms with Gasteiger partial charge < -0.3 is 11.1 Å². The average Bonchev–Trinajstić information content (AvgIpc) is 2.29. The van der Waals surface area contributed by atoms with Crippen LogP contribution in [-0.4, -0.2) is 17.7 Å². The molecule has 1 aromatic rings. The molecule has 1 aliphatic heterocycles. The van der Waals surface area contributed by atoms with Crippen molar-refractivity contribution in [2.75, 3.05) is 11.9 Å². The second-order valence-corrected chi connectivity index (χ2v) is 5.52. The van der Waals surface area contributed by atoms with Crippen molar-refractivity contribution in [3.8, 4) is 0 Å². The van der Waals surface area contributed by atoms with Gasteiger partial charge in [0, 0.05) is 4.90 Å². The van der Waals surface area contributed by atoms with Crippen molar-refractivity contribution in [3.05, 3.63) is 23.8 Å². The molecule has 4 heteroatoms. The summed E-state index contributed by atoms with van der Waals surface area (Å²) in [5.74, 6) is 0.404. The van der Waals surface area contributed by atoms with Gasteiger partial charge in [-0.2, -0.15) is 0 Å². The maximum absolute atomic E-state index is 11.6. The van der Waals surface area contributed by atoms with Crippen LogP contribution in [-0.2, 0) is 4.79 Å². The number of amides is 1. The van der Waals surface area contributed by atoms with E-state index in [0.29, 0.717) is 12.5 Å². The summed E-state index contributed by atoms with van der Waals surface area (Å²) in [6.07, 6.45) is 0. The maximum Gasteiger partial charge on any atom is 0.237 e. The van der Waals surface area contributed by atoms with Crippen LogP contribution >= 0.6 is 11.8 Å². The third kappa shape index (κ3) is 2.08. The molecule has 0 spiro atoms. The number of thioether (sulfide) groups is 1. The highest BCUT2D eigenvalue weighted by atomic mass is 32.2. The smallest absolute Gasteiger partial charge is 0.237 e. The zero-order chi connectivity index (χ0) is 11.7. The molecule has 1 amide bonds. The van der Waals surface area contributed by atoms with Crippen molar-refractivity contribution in [2.45, 2.75) is 29.9 Å². The van der Waals surface area contributed by atoms with Gasteiger partial charge in [-0.1, -0.05) is 13.0 Å². The predicted octanol–water partition coefficient (Wildman–Crippen LogP) is 2.18. The Morgan fingerprint density at radius 1 is 1.56 bits per heavy atom. The number of nitrogens with two attached hydrogens (primary N) is 1. The number of hydrogen-bond acceptors (Lipinski definition) is 3. The fourth-order valence-electron chi connectivity index (χ4n) is 1.67. The maximum atomic E-state index is 11.6. The van der Waals surface area contributed by atoms with Crippen LogP contribution in [0.5, 0.6) is 0 Å². The number of hydrogen-bond donors (Lipinski definition) is 2. The van der Waals surface area contributed by atoms with Gasteiger partial charge in [0.2, 0.25) is 5.91 Å². The van der Waals surface area contributed by atoms with Crippen LogP contribution in [0.3, 0.4) is 0 Å². The van der Waals surface area contributed by atoms with Crippen LogP contribution in [0.4, 0.5) is 5.69 Å². The molecule has 3 nitrogen and oxygen atoms in total. The van der Waals surface area contributed by atoms with E-state index in [1.54, 1.807) is 11.8 Å². The number of carbonyl (C=O) groups excluding carboxylic acids is 1. The first-order valence-electron chi connectivity index (χ1n) is 5.43. The van der Waals surface area contributed by atoms with Gasteiger partial charge in [-0.3, -0.25) is 4.79 Å². The van der Waals surface area contributed by atoms with Gasteiger partial charge in [-0.25, -0.2) is 0 Å². The van der Waals surface area contributed by atoms with Crippen molar-refractivity contribution in [1.29, 1.82) is 0 Å². The summed E-state index contributed by atoms with van der Waals surface area (Å²) in [5, 5.41) is 2.92. The van der Waals surface area contributed by atoms with Crippen molar-refractivity contribution in [1.82, 2.24) is 0 Å². The molecule has 2 unspecified atom stereocenters. The Kier molecular flexibility index (Phi) is 3.21. The van der Waals surface area contributed by atoms with Gasteiger partial charge in [-0.15, -0.1) is 11.8 Å². The van der Waals surface area contributed by atoms with Gasteiger partial charge in [-0.05, 0) is 37.1 Å². The van der Waals surface area contributed by atoms with Crippen molar-refractivity contribution in [2.24, 2.45) is 5.73 Å². The summed E-state index contributed by atoms with van der Waals surface area (Å²) in [6.45, 7) is 4.62. The van der Waals surface area contributed by atoms with Gasteiger partial charge in [0.05, 0.1) is 10.9 Å². The Morgan fingerprint density at radius 2 is 2.31 bits per heavy atom. The van der Waals surface area contributed by atoms with Crippen LogP contribution in [0.15, 0.2) is 23.1 Å².